The lowest BCUT2D eigenvalue weighted by molar-refractivity contribution is 0.496. The summed E-state index contributed by atoms with van der Waals surface area (Å²) in [7, 11) is 0. The zero-order valence-electron chi connectivity index (χ0n) is 13.3. The molecule has 0 unspecified atom stereocenters. The molecule has 2 aromatic carbocycles. The molecule has 0 N–H and O–H groups in total. The van der Waals surface area contributed by atoms with Gasteiger partial charge in [-0.15, -0.1) is 0 Å². The molecule has 1 aliphatic carbocycles. The van der Waals surface area contributed by atoms with Crippen LogP contribution in [0.3, 0.4) is 0 Å². The maximum Gasteiger partial charge on any atom is -0.00527 e. The molecule has 21 heavy (non-hydrogen) atoms. The molecular formula is C21H24. The fourth-order valence-electron chi connectivity index (χ4n) is 3.59. The molecule has 0 radical (unpaired) electrons. The van der Waals surface area contributed by atoms with Crippen LogP contribution in [0.1, 0.15) is 55.2 Å². The average Bonchev–Trinajstić information content (AvgIpc) is 2.50. The predicted molar refractivity (Wildman–Crippen MR) is 90.7 cm³/mol. The van der Waals surface area contributed by atoms with Crippen LogP contribution in [0.5, 0.6) is 0 Å². The van der Waals surface area contributed by atoms with Crippen LogP contribution < -0.4 is 0 Å². The Hall–Kier alpha value is -1.82. The maximum absolute atomic E-state index is 2.37. The van der Waals surface area contributed by atoms with Gasteiger partial charge >= 0.3 is 0 Å². The first kappa shape index (κ1) is 14.1. The van der Waals surface area contributed by atoms with Gasteiger partial charge in [-0.25, -0.2) is 0 Å². The van der Waals surface area contributed by atoms with Gasteiger partial charge < -0.3 is 0 Å². The molecule has 108 valence electrons. The lowest BCUT2D eigenvalue weighted by atomic mass is 9.70. The van der Waals surface area contributed by atoms with Gasteiger partial charge in [0.25, 0.3) is 0 Å². The molecule has 0 aliphatic heterocycles. The van der Waals surface area contributed by atoms with E-state index in [4.69, 9.17) is 0 Å². The summed E-state index contributed by atoms with van der Waals surface area (Å²) in [5, 5.41) is 0. The Morgan fingerprint density at radius 3 is 1.86 bits per heavy atom. The van der Waals surface area contributed by atoms with Crippen molar-refractivity contribution in [2.75, 3.05) is 0 Å². The minimum absolute atomic E-state index is 0.607. The van der Waals surface area contributed by atoms with Gasteiger partial charge in [0.1, 0.15) is 0 Å². The van der Waals surface area contributed by atoms with Crippen LogP contribution in [0.25, 0.3) is 0 Å². The Balaban J connectivity index is 2.03. The van der Waals surface area contributed by atoms with Gasteiger partial charge in [0, 0.05) is 0 Å². The first-order valence-corrected chi connectivity index (χ1v) is 7.92. The molecule has 0 heteroatoms. The fraction of sp³-hybridized carbons (Fsp3) is 0.333. The topological polar surface area (TPSA) is 0 Å². The molecule has 0 nitrogen and oxygen atoms in total. The third-order valence-corrected chi connectivity index (χ3v) is 4.96. The van der Waals surface area contributed by atoms with Gasteiger partial charge in [0.05, 0.1) is 0 Å². The highest BCUT2D eigenvalue weighted by molar-refractivity contribution is 5.36. The lowest BCUT2D eigenvalue weighted by Gasteiger charge is -2.34. The Morgan fingerprint density at radius 1 is 0.667 bits per heavy atom. The van der Waals surface area contributed by atoms with Crippen LogP contribution in [0, 0.1) is 6.92 Å². The summed E-state index contributed by atoms with van der Waals surface area (Å²) in [5.41, 5.74) is 7.50. The number of hydrogen-bond donors (Lipinski definition) is 0. The van der Waals surface area contributed by atoms with E-state index in [2.05, 4.69) is 75.4 Å². The van der Waals surface area contributed by atoms with Crippen molar-refractivity contribution >= 4 is 0 Å². The molecule has 1 aliphatic rings. The number of rotatable bonds is 2. The van der Waals surface area contributed by atoms with E-state index in [0.717, 1.165) is 0 Å². The number of aryl methyl sites for hydroxylation is 1. The highest BCUT2D eigenvalue weighted by Crippen LogP contribution is 2.46. The van der Waals surface area contributed by atoms with Crippen molar-refractivity contribution in [2.45, 2.75) is 45.4 Å². The maximum atomic E-state index is 2.37. The van der Waals surface area contributed by atoms with Gasteiger partial charge in [-0.05, 0) is 56.6 Å². The molecule has 0 bridgehead atoms. The summed E-state index contributed by atoms with van der Waals surface area (Å²) in [6.07, 6.45) is 2.38. The predicted octanol–water partition coefficient (Wildman–Crippen LogP) is 5.99. The van der Waals surface area contributed by atoms with E-state index in [1.807, 2.05) is 0 Å². The number of hydrogen-bond acceptors (Lipinski definition) is 0. The van der Waals surface area contributed by atoms with Crippen LogP contribution in [-0.4, -0.2) is 0 Å². The Kier molecular flexibility index (Phi) is 3.96. The molecule has 0 aromatic heterocycles. The van der Waals surface area contributed by atoms with Gasteiger partial charge in [-0.1, -0.05) is 71.3 Å². The summed E-state index contributed by atoms with van der Waals surface area (Å²) in [4.78, 5) is 0. The summed E-state index contributed by atoms with van der Waals surface area (Å²) in [6.45, 7) is 6.80. The quantitative estimate of drug-likeness (QED) is 0.591. The fourth-order valence-corrected chi connectivity index (χ4v) is 3.59. The van der Waals surface area contributed by atoms with Gasteiger partial charge in [0.2, 0.25) is 0 Å². The molecule has 0 saturated carbocycles. The van der Waals surface area contributed by atoms with Crippen molar-refractivity contribution in [1.29, 1.82) is 0 Å². The Bertz CT molecular complexity index is 649. The zero-order valence-corrected chi connectivity index (χ0v) is 13.3. The van der Waals surface area contributed by atoms with Crippen LogP contribution >= 0.6 is 0 Å². The van der Waals surface area contributed by atoms with E-state index in [9.17, 15) is 0 Å². The highest BCUT2D eigenvalue weighted by Gasteiger charge is 2.29. The molecule has 0 spiro atoms. The third-order valence-electron chi connectivity index (χ3n) is 4.96. The van der Waals surface area contributed by atoms with E-state index in [1.54, 1.807) is 11.1 Å². The Labute approximate surface area is 128 Å². The normalized spacial score (nSPS) is 22.4. The highest BCUT2D eigenvalue weighted by atomic mass is 14.3. The van der Waals surface area contributed by atoms with Crippen molar-refractivity contribution in [3.05, 3.63) is 82.4 Å². The summed E-state index contributed by atoms with van der Waals surface area (Å²) >= 11 is 0. The van der Waals surface area contributed by atoms with Crippen LogP contribution in [0.4, 0.5) is 0 Å². The average molecular weight is 276 g/mol. The molecule has 2 atom stereocenters. The summed E-state index contributed by atoms with van der Waals surface area (Å²) in [6, 6.07) is 20.1. The van der Waals surface area contributed by atoms with Gasteiger partial charge in [-0.2, -0.15) is 0 Å². The standard InChI is InChI=1S/C21H24/c1-15-8-7-11-19(12-15)21-14-17(3)16(2)13-20(21)18-9-5-4-6-10-18/h4-12,20-21H,13-14H2,1-3H3/t20-,21-/m1/s1. The van der Waals surface area contributed by atoms with Crippen molar-refractivity contribution in [1.82, 2.24) is 0 Å². The smallest absolute Gasteiger partial charge is 0.00527 e. The zero-order chi connectivity index (χ0) is 14.8. The molecule has 2 aromatic rings. The SMILES string of the molecule is CC1=C(C)C[C@H](c2cccc(C)c2)[C@@H](c2ccccc2)C1. The van der Waals surface area contributed by atoms with E-state index in [1.165, 1.54) is 29.5 Å². The number of allylic oxidation sites excluding steroid dienone is 2. The monoisotopic (exact) mass is 276 g/mol. The van der Waals surface area contributed by atoms with E-state index >= 15 is 0 Å². The first-order valence-electron chi connectivity index (χ1n) is 7.92. The van der Waals surface area contributed by atoms with Crippen LogP contribution in [-0.2, 0) is 0 Å². The van der Waals surface area contributed by atoms with Gasteiger partial charge in [0.15, 0.2) is 0 Å². The third kappa shape index (κ3) is 2.95. The largest absolute Gasteiger partial charge is 0.0737 e. The van der Waals surface area contributed by atoms with E-state index in [0.29, 0.717) is 11.8 Å². The Morgan fingerprint density at radius 2 is 1.24 bits per heavy atom. The molecule has 0 saturated heterocycles. The molecule has 3 rings (SSSR count). The number of benzene rings is 2. The second-order valence-electron chi connectivity index (χ2n) is 6.51. The minimum Gasteiger partial charge on any atom is -0.0737 e. The second kappa shape index (κ2) is 5.89. The van der Waals surface area contributed by atoms with Crippen molar-refractivity contribution in [2.24, 2.45) is 0 Å². The minimum atomic E-state index is 0.607. The van der Waals surface area contributed by atoms with Crippen LogP contribution in [0.15, 0.2) is 65.7 Å². The lowest BCUT2D eigenvalue weighted by Crippen LogP contribution is -2.17. The summed E-state index contributed by atoms with van der Waals surface area (Å²) in [5.74, 6) is 1.22. The van der Waals surface area contributed by atoms with Crippen molar-refractivity contribution in [3.8, 4) is 0 Å². The first-order chi connectivity index (χ1) is 10.1. The molecule has 0 fully saturated rings. The van der Waals surface area contributed by atoms with Crippen molar-refractivity contribution < 1.29 is 0 Å². The van der Waals surface area contributed by atoms with Crippen LogP contribution in [0.2, 0.25) is 0 Å². The molecule has 0 amide bonds. The second-order valence-corrected chi connectivity index (χ2v) is 6.51. The van der Waals surface area contributed by atoms with E-state index in [-0.39, 0.29) is 0 Å². The van der Waals surface area contributed by atoms with Gasteiger partial charge in [-0.3, -0.25) is 0 Å². The van der Waals surface area contributed by atoms with E-state index < -0.39 is 0 Å². The summed E-state index contributed by atoms with van der Waals surface area (Å²) < 4.78 is 0. The molecule has 0 heterocycles. The molecular weight excluding hydrogens is 252 g/mol. The van der Waals surface area contributed by atoms with Crippen molar-refractivity contribution in [3.63, 3.8) is 0 Å².